The van der Waals surface area contributed by atoms with E-state index in [1.807, 2.05) is 13.8 Å². The van der Waals surface area contributed by atoms with Crippen LogP contribution in [0.25, 0.3) is 0 Å². The third-order valence-electron chi connectivity index (χ3n) is 4.89. The molecule has 8 heteroatoms. The van der Waals surface area contributed by atoms with Gasteiger partial charge in [-0.25, -0.2) is 0 Å². The quantitative estimate of drug-likeness (QED) is 0.481. The highest BCUT2D eigenvalue weighted by atomic mass is 35.5. The Kier molecular flexibility index (Phi) is 9.30. The zero-order chi connectivity index (χ0) is 22.4. The normalized spacial score (nSPS) is 12.9. The number of nitrogens with zero attached hydrogens (tertiary/aromatic N) is 1. The summed E-state index contributed by atoms with van der Waals surface area (Å²) in [5.74, 6) is -0.508. The number of hydrogen-bond acceptors (Lipinski definition) is 2. The molecule has 2 amide bonds. The Balaban J connectivity index is 2.32. The zero-order valence-electron chi connectivity index (χ0n) is 17.0. The highest BCUT2D eigenvalue weighted by Gasteiger charge is 2.28. The van der Waals surface area contributed by atoms with Crippen LogP contribution >= 0.6 is 46.4 Å². The lowest BCUT2D eigenvalue weighted by atomic mass is 10.1. The molecule has 4 nitrogen and oxygen atoms in total. The molecule has 0 aromatic heterocycles. The largest absolute Gasteiger partial charge is 0.352 e. The molecule has 2 unspecified atom stereocenters. The summed E-state index contributed by atoms with van der Waals surface area (Å²) >= 11 is 24.6. The Bertz CT molecular complexity index is 900. The summed E-state index contributed by atoms with van der Waals surface area (Å²) in [5.41, 5.74) is 1.28. The molecule has 0 saturated heterocycles. The van der Waals surface area contributed by atoms with Gasteiger partial charge in [-0.05, 0) is 55.7 Å². The van der Waals surface area contributed by atoms with Crippen molar-refractivity contribution < 1.29 is 9.59 Å². The Morgan fingerprint density at radius 3 is 2.17 bits per heavy atom. The Morgan fingerprint density at radius 2 is 1.60 bits per heavy atom. The monoisotopic (exact) mass is 488 g/mol. The lowest BCUT2D eigenvalue weighted by Crippen LogP contribution is -2.49. The minimum absolute atomic E-state index is 0.000101. The summed E-state index contributed by atoms with van der Waals surface area (Å²) in [6, 6.07) is 9.49. The van der Waals surface area contributed by atoms with Crippen LogP contribution in [0.3, 0.4) is 0 Å². The van der Waals surface area contributed by atoms with Crippen molar-refractivity contribution in [2.24, 2.45) is 0 Å². The first-order valence-corrected chi connectivity index (χ1v) is 11.1. The van der Waals surface area contributed by atoms with E-state index in [0.717, 1.165) is 12.0 Å². The Hall–Kier alpha value is -1.46. The second-order valence-electron chi connectivity index (χ2n) is 7.14. The molecule has 0 fully saturated rings. The van der Waals surface area contributed by atoms with Gasteiger partial charge in [0, 0.05) is 22.6 Å². The van der Waals surface area contributed by atoms with Crippen LogP contribution in [0.4, 0.5) is 0 Å². The van der Waals surface area contributed by atoms with E-state index in [2.05, 4.69) is 5.32 Å². The molecule has 30 heavy (non-hydrogen) atoms. The second kappa shape index (κ2) is 11.2. The first kappa shape index (κ1) is 24.8. The van der Waals surface area contributed by atoms with E-state index in [1.165, 1.54) is 4.90 Å². The fraction of sp³-hybridized carbons (Fsp3) is 0.364. The molecule has 0 aliphatic rings. The van der Waals surface area contributed by atoms with Crippen molar-refractivity contribution in [2.45, 2.75) is 52.2 Å². The van der Waals surface area contributed by atoms with Gasteiger partial charge >= 0.3 is 0 Å². The summed E-state index contributed by atoms with van der Waals surface area (Å²) in [7, 11) is 0. The maximum Gasteiger partial charge on any atom is 0.242 e. The molecule has 2 rings (SSSR count). The van der Waals surface area contributed by atoms with Crippen molar-refractivity contribution in [1.29, 1.82) is 0 Å². The number of hydrogen-bond donors (Lipinski definition) is 1. The second-order valence-corrected chi connectivity index (χ2v) is 8.77. The van der Waals surface area contributed by atoms with Gasteiger partial charge in [0.1, 0.15) is 6.04 Å². The predicted octanol–water partition coefficient (Wildman–Crippen LogP) is 6.17. The van der Waals surface area contributed by atoms with Gasteiger partial charge in [0.05, 0.1) is 16.5 Å². The number of benzene rings is 2. The van der Waals surface area contributed by atoms with Crippen molar-refractivity contribution in [3.05, 3.63) is 67.6 Å². The molecule has 162 valence electrons. The van der Waals surface area contributed by atoms with Gasteiger partial charge in [0.2, 0.25) is 11.8 Å². The fourth-order valence-electron chi connectivity index (χ4n) is 2.84. The summed E-state index contributed by atoms with van der Waals surface area (Å²) < 4.78 is 0. The van der Waals surface area contributed by atoms with Gasteiger partial charge in [-0.2, -0.15) is 0 Å². The summed E-state index contributed by atoms with van der Waals surface area (Å²) in [6.45, 7) is 5.78. The van der Waals surface area contributed by atoms with Crippen molar-refractivity contribution in [3.8, 4) is 0 Å². The van der Waals surface area contributed by atoms with Crippen molar-refractivity contribution in [3.63, 3.8) is 0 Å². The molecule has 0 spiro atoms. The van der Waals surface area contributed by atoms with E-state index >= 15 is 0 Å². The molecule has 0 bridgehead atoms. The third-order valence-corrected chi connectivity index (χ3v) is 6.34. The summed E-state index contributed by atoms with van der Waals surface area (Å²) in [5, 5.41) is 4.54. The summed E-state index contributed by atoms with van der Waals surface area (Å²) in [6.07, 6.45) is 0.759. The van der Waals surface area contributed by atoms with Crippen LogP contribution in [0, 0.1) is 0 Å². The maximum absolute atomic E-state index is 13.2. The number of rotatable bonds is 8. The molecule has 2 atom stereocenters. The van der Waals surface area contributed by atoms with Gasteiger partial charge in [-0.3, -0.25) is 9.59 Å². The molecule has 0 aliphatic heterocycles. The molecule has 2 aromatic carbocycles. The number of carbonyl (C=O) groups excluding carboxylic acids is 2. The zero-order valence-corrected chi connectivity index (χ0v) is 20.0. The maximum atomic E-state index is 13.2. The van der Waals surface area contributed by atoms with Gasteiger partial charge < -0.3 is 10.2 Å². The van der Waals surface area contributed by atoms with Crippen LogP contribution < -0.4 is 5.32 Å². The highest BCUT2D eigenvalue weighted by molar-refractivity contribution is 6.42. The van der Waals surface area contributed by atoms with Gasteiger partial charge in [0.25, 0.3) is 0 Å². The first-order valence-electron chi connectivity index (χ1n) is 9.60. The number of amides is 2. The molecular weight excluding hydrogens is 466 g/mol. The average molecular weight is 490 g/mol. The SMILES string of the molecule is CCC(C)NC(=O)C(C)N(Cc1ccc(Cl)c(Cl)c1)C(=O)Cc1c(Cl)cccc1Cl. The van der Waals surface area contributed by atoms with Crippen LogP contribution in [0.5, 0.6) is 0 Å². The van der Waals surface area contributed by atoms with Crippen LogP contribution in [-0.4, -0.2) is 28.8 Å². The number of halogens is 4. The standard InChI is InChI=1S/C22H24Cl4N2O2/c1-4-13(2)27-22(30)14(3)28(12-15-8-9-19(25)20(26)10-15)21(29)11-16-17(23)6-5-7-18(16)24/h5-10,13-14H,4,11-12H2,1-3H3,(H,27,30). The number of carbonyl (C=O) groups is 2. The molecule has 0 saturated carbocycles. The minimum atomic E-state index is -0.706. The van der Waals surface area contributed by atoms with E-state index in [0.29, 0.717) is 25.7 Å². The van der Waals surface area contributed by atoms with Crippen molar-refractivity contribution in [2.75, 3.05) is 0 Å². The van der Waals surface area contributed by atoms with E-state index in [4.69, 9.17) is 46.4 Å². The van der Waals surface area contributed by atoms with Gasteiger partial charge in [-0.1, -0.05) is 65.5 Å². The highest BCUT2D eigenvalue weighted by Crippen LogP contribution is 2.27. The van der Waals surface area contributed by atoms with E-state index < -0.39 is 6.04 Å². The lowest BCUT2D eigenvalue weighted by molar-refractivity contribution is -0.140. The van der Waals surface area contributed by atoms with Crippen LogP contribution in [0.2, 0.25) is 20.1 Å². The molecule has 1 N–H and O–H groups in total. The average Bonchev–Trinajstić information content (AvgIpc) is 2.70. The van der Waals surface area contributed by atoms with Crippen molar-refractivity contribution in [1.82, 2.24) is 10.2 Å². The topological polar surface area (TPSA) is 49.4 Å². The Labute approximate surface area is 197 Å². The smallest absolute Gasteiger partial charge is 0.242 e. The molecule has 0 radical (unpaired) electrons. The fourth-order valence-corrected chi connectivity index (χ4v) is 3.69. The van der Waals surface area contributed by atoms with E-state index in [1.54, 1.807) is 43.3 Å². The summed E-state index contributed by atoms with van der Waals surface area (Å²) in [4.78, 5) is 27.5. The molecular formula is C22H24Cl4N2O2. The Morgan fingerprint density at radius 1 is 0.967 bits per heavy atom. The van der Waals surface area contributed by atoms with Crippen LogP contribution in [-0.2, 0) is 22.6 Å². The molecule has 0 heterocycles. The van der Waals surface area contributed by atoms with E-state index in [-0.39, 0.29) is 30.8 Å². The van der Waals surface area contributed by atoms with E-state index in [9.17, 15) is 9.59 Å². The molecule has 2 aromatic rings. The first-order chi connectivity index (χ1) is 14.1. The predicted molar refractivity (Wildman–Crippen MR) is 125 cm³/mol. The van der Waals surface area contributed by atoms with Gasteiger partial charge in [0.15, 0.2) is 0 Å². The third kappa shape index (κ3) is 6.52. The van der Waals surface area contributed by atoms with Crippen molar-refractivity contribution >= 4 is 58.2 Å². The van der Waals surface area contributed by atoms with Crippen LogP contribution in [0.1, 0.15) is 38.3 Å². The molecule has 0 aliphatic carbocycles. The lowest BCUT2D eigenvalue weighted by Gasteiger charge is -2.30. The van der Waals surface area contributed by atoms with Gasteiger partial charge in [-0.15, -0.1) is 0 Å². The minimum Gasteiger partial charge on any atom is -0.352 e. The van der Waals surface area contributed by atoms with Crippen LogP contribution in [0.15, 0.2) is 36.4 Å². The number of nitrogens with one attached hydrogen (secondary N) is 1.